The first-order valence-corrected chi connectivity index (χ1v) is 6.94. The lowest BCUT2D eigenvalue weighted by Crippen LogP contribution is -2.26. The van der Waals surface area contributed by atoms with Crippen LogP contribution in [-0.2, 0) is 0 Å². The van der Waals surface area contributed by atoms with Crippen LogP contribution < -0.4 is 5.32 Å². The molecule has 0 aliphatic heterocycles. The van der Waals surface area contributed by atoms with Crippen LogP contribution in [0.3, 0.4) is 0 Å². The molecule has 1 amide bonds. The molecule has 0 atom stereocenters. The van der Waals surface area contributed by atoms with Gasteiger partial charge in [0, 0.05) is 18.3 Å². The minimum atomic E-state index is -0.116. The third kappa shape index (κ3) is 4.06. The molecule has 1 aromatic heterocycles. The maximum Gasteiger partial charge on any atom is 0.251 e. The summed E-state index contributed by atoms with van der Waals surface area (Å²) in [4.78, 5) is 15.8. The Labute approximate surface area is 113 Å². The predicted molar refractivity (Wildman–Crippen MR) is 72.5 cm³/mol. The average molecular weight is 257 g/mol. The van der Waals surface area contributed by atoms with Gasteiger partial charge in [-0.3, -0.25) is 4.79 Å². The fraction of sp³-hybridized carbons (Fsp3) is 0.533. The fourth-order valence-electron chi connectivity index (χ4n) is 2.60. The van der Waals surface area contributed by atoms with Gasteiger partial charge in [0.2, 0.25) is 0 Å². The summed E-state index contributed by atoms with van der Waals surface area (Å²) in [6, 6.07) is 5.10. The number of aromatic nitrogens is 1. The van der Waals surface area contributed by atoms with E-state index in [9.17, 15) is 4.79 Å². The van der Waals surface area contributed by atoms with Crippen molar-refractivity contribution < 1.29 is 4.79 Å². The lowest BCUT2D eigenvalue weighted by molar-refractivity contribution is 0.0950. The monoisotopic (exact) mass is 257 g/mol. The Bertz CT molecular complexity index is 473. The van der Waals surface area contributed by atoms with Gasteiger partial charge in [0.25, 0.3) is 5.91 Å². The normalized spacial score (nSPS) is 15.7. The van der Waals surface area contributed by atoms with E-state index in [4.69, 9.17) is 5.26 Å². The SMILES string of the molecule is N#Cc1cc(C(=O)NCCC2CCCCC2)ccn1. The Morgan fingerprint density at radius 3 is 2.95 bits per heavy atom. The van der Waals surface area contributed by atoms with Gasteiger partial charge in [-0.15, -0.1) is 0 Å². The quantitative estimate of drug-likeness (QED) is 0.901. The largest absolute Gasteiger partial charge is 0.352 e. The second-order valence-electron chi connectivity index (χ2n) is 5.09. The van der Waals surface area contributed by atoms with E-state index in [1.807, 2.05) is 6.07 Å². The predicted octanol–water partition coefficient (Wildman–Crippen LogP) is 2.65. The van der Waals surface area contributed by atoms with E-state index in [1.54, 1.807) is 6.07 Å². The molecule has 0 saturated heterocycles. The molecule has 0 aromatic carbocycles. The highest BCUT2D eigenvalue weighted by atomic mass is 16.1. The van der Waals surface area contributed by atoms with Crippen LogP contribution in [0.15, 0.2) is 18.3 Å². The van der Waals surface area contributed by atoms with Crippen molar-refractivity contribution in [3.63, 3.8) is 0 Å². The topological polar surface area (TPSA) is 65.8 Å². The van der Waals surface area contributed by atoms with Gasteiger partial charge < -0.3 is 5.32 Å². The maximum absolute atomic E-state index is 11.9. The van der Waals surface area contributed by atoms with Crippen molar-refractivity contribution in [3.8, 4) is 6.07 Å². The van der Waals surface area contributed by atoms with Crippen molar-refractivity contribution in [2.45, 2.75) is 38.5 Å². The van der Waals surface area contributed by atoms with E-state index < -0.39 is 0 Å². The van der Waals surface area contributed by atoms with Crippen LogP contribution in [0.25, 0.3) is 0 Å². The molecule has 0 radical (unpaired) electrons. The van der Waals surface area contributed by atoms with Crippen LogP contribution >= 0.6 is 0 Å². The van der Waals surface area contributed by atoms with E-state index in [-0.39, 0.29) is 11.6 Å². The van der Waals surface area contributed by atoms with Crippen LogP contribution in [0.4, 0.5) is 0 Å². The summed E-state index contributed by atoms with van der Waals surface area (Å²) in [5.74, 6) is 0.649. The first kappa shape index (κ1) is 13.5. The summed E-state index contributed by atoms with van der Waals surface area (Å²) in [7, 11) is 0. The minimum absolute atomic E-state index is 0.116. The zero-order valence-electron chi connectivity index (χ0n) is 11.1. The molecule has 0 unspecified atom stereocenters. The summed E-state index contributed by atoms with van der Waals surface area (Å²) in [5.41, 5.74) is 0.787. The van der Waals surface area contributed by atoms with Crippen molar-refractivity contribution in [3.05, 3.63) is 29.6 Å². The fourth-order valence-corrected chi connectivity index (χ4v) is 2.60. The van der Waals surface area contributed by atoms with Crippen LogP contribution in [0.1, 0.15) is 54.6 Å². The lowest BCUT2D eigenvalue weighted by atomic mass is 9.87. The molecular formula is C15H19N3O. The Balaban J connectivity index is 1.79. The number of amides is 1. The molecule has 1 aliphatic rings. The average Bonchev–Trinajstić information content (AvgIpc) is 2.48. The molecule has 1 aromatic rings. The number of nitrogens with zero attached hydrogens (tertiary/aromatic N) is 2. The first-order chi connectivity index (χ1) is 9.29. The summed E-state index contributed by atoms with van der Waals surface area (Å²) < 4.78 is 0. The summed E-state index contributed by atoms with van der Waals surface area (Å²) >= 11 is 0. The minimum Gasteiger partial charge on any atom is -0.352 e. The Kier molecular flexibility index (Phi) is 4.91. The van der Waals surface area contributed by atoms with Crippen LogP contribution in [0.5, 0.6) is 0 Å². The highest BCUT2D eigenvalue weighted by Gasteiger charge is 2.13. The van der Waals surface area contributed by atoms with Crippen LogP contribution in [0, 0.1) is 17.2 Å². The van der Waals surface area contributed by atoms with Gasteiger partial charge >= 0.3 is 0 Å². The molecule has 1 saturated carbocycles. The van der Waals surface area contributed by atoms with E-state index in [0.717, 1.165) is 12.3 Å². The highest BCUT2D eigenvalue weighted by molar-refractivity contribution is 5.94. The Hall–Kier alpha value is -1.89. The summed E-state index contributed by atoms with van der Waals surface area (Å²) in [6.45, 7) is 0.716. The van der Waals surface area contributed by atoms with E-state index in [1.165, 1.54) is 44.4 Å². The zero-order valence-corrected chi connectivity index (χ0v) is 11.1. The molecule has 4 heteroatoms. The van der Waals surface area contributed by atoms with E-state index in [2.05, 4.69) is 10.3 Å². The molecule has 2 rings (SSSR count). The number of hydrogen-bond acceptors (Lipinski definition) is 3. The first-order valence-electron chi connectivity index (χ1n) is 6.94. The molecule has 100 valence electrons. The van der Waals surface area contributed by atoms with Gasteiger partial charge in [0.05, 0.1) is 0 Å². The number of nitrogens with one attached hydrogen (secondary N) is 1. The van der Waals surface area contributed by atoms with Gasteiger partial charge in [-0.05, 0) is 24.5 Å². The highest BCUT2D eigenvalue weighted by Crippen LogP contribution is 2.25. The van der Waals surface area contributed by atoms with E-state index in [0.29, 0.717) is 12.1 Å². The Morgan fingerprint density at radius 2 is 2.21 bits per heavy atom. The zero-order chi connectivity index (χ0) is 13.5. The van der Waals surface area contributed by atoms with Crippen molar-refractivity contribution in [2.75, 3.05) is 6.54 Å². The second-order valence-corrected chi connectivity index (χ2v) is 5.09. The van der Waals surface area contributed by atoms with Gasteiger partial charge in [-0.2, -0.15) is 5.26 Å². The van der Waals surface area contributed by atoms with Crippen LogP contribution in [-0.4, -0.2) is 17.4 Å². The number of carbonyl (C=O) groups excluding carboxylic acids is 1. The third-order valence-electron chi connectivity index (χ3n) is 3.70. The standard InChI is InChI=1S/C15H19N3O/c16-11-14-10-13(7-9-17-14)15(19)18-8-6-12-4-2-1-3-5-12/h7,9-10,12H,1-6,8H2,(H,18,19). The number of carbonyl (C=O) groups is 1. The van der Waals surface area contributed by atoms with Crippen molar-refractivity contribution in [1.29, 1.82) is 5.26 Å². The molecule has 1 N–H and O–H groups in total. The van der Waals surface area contributed by atoms with Crippen molar-refractivity contribution >= 4 is 5.91 Å². The number of pyridine rings is 1. The Morgan fingerprint density at radius 1 is 1.42 bits per heavy atom. The number of hydrogen-bond donors (Lipinski definition) is 1. The maximum atomic E-state index is 11.9. The van der Waals surface area contributed by atoms with Gasteiger partial charge in [-0.25, -0.2) is 4.98 Å². The lowest BCUT2D eigenvalue weighted by Gasteiger charge is -2.21. The van der Waals surface area contributed by atoms with Crippen molar-refractivity contribution in [2.24, 2.45) is 5.92 Å². The molecule has 19 heavy (non-hydrogen) atoms. The van der Waals surface area contributed by atoms with Crippen molar-refractivity contribution in [1.82, 2.24) is 10.3 Å². The van der Waals surface area contributed by atoms with Gasteiger partial charge in [0.15, 0.2) is 0 Å². The summed E-state index contributed by atoms with van der Waals surface area (Å²) in [5, 5.41) is 11.7. The third-order valence-corrected chi connectivity index (χ3v) is 3.70. The second kappa shape index (κ2) is 6.89. The molecule has 1 aliphatic carbocycles. The van der Waals surface area contributed by atoms with Gasteiger partial charge in [-0.1, -0.05) is 32.1 Å². The molecule has 1 heterocycles. The number of rotatable bonds is 4. The van der Waals surface area contributed by atoms with E-state index >= 15 is 0 Å². The smallest absolute Gasteiger partial charge is 0.251 e. The molecule has 0 bridgehead atoms. The summed E-state index contributed by atoms with van der Waals surface area (Å²) in [6.07, 6.45) is 9.16. The van der Waals surface area contributed by atoms with Gasteiger partial charge in [0.1, 0.15) is 11.8 Å². The molecule has 4 nitrogen and oxygen atoms in total. The molecule has 1 fully saturated rings. The molecular weight excluding hydrogens is 238 g/mol. The van der Waals surface area contributed by atoms with Crippen LogP contribution in [0.2, 0.25) is 0 Å². The number of nitriles is 1. The molecule has 0 spiro atoms.